The Hall–Kier alpha value is -3.30. The third-order valence-corrected chi connectivity index (χ3v) is 14.8. The van der Waals surface area contributed by atoms with Crippen molar-refractivity contribution >= 4 is 40.1 Å². The van der Waals surface area contributed by atoms with Crippen LogP contribution in [-0.4, -0.2) is 19.8 Å². The van der Waals surface area contributed by atoms with E-state index in [0.717, 1.165) is 5.75 Å². The first-order valence-corrected chi connectivity index (χ1v) is 14.8. The Kier molecular flexibility index (Phi) is 4.98. The van der Waals surface area contributed by atoms with Gasteiger partial charge in [-0.05, 0) is 78.6 Å². The second-order valence-corrected chi connectivity index (χ2v) is 15.7. The minimum Gasteiger partial charge on any atom is -0.497 e. The zero-order valence-corrected chi connectivity index (χ0v) is 22.5. The smallest absolute Gasteiger partial charge is 0.128 e. The lowest BCUT2D eigenvalue weighted by molar-refractivity contribution is 0.415. The van der Waals surface area contributed by atoms with E-state index in [1.807, 2.05) is 12.1 Å². The van der Waals surface area contributed by atoms with Crippen molar-refractivity contribution in [3.8, 4) is 28.1 Å². The van der Waals surface area contributed by atoms with Crippen molar-refractivity contribution in [3.05, 3.63) is 78.9 Å². The summed E-state index contributed by atoms with van der Waals surface area (Å²) in [7, 11) is 1.89. The maximum atomic E-state index is 5.36. The predicted molar refractivity (Wildman–Crippen MR) is 153 cm³/mol. The summed E-state index contributed by atoms with van der Waals surface area (Å²) >= 11 is 0. The number of hydrogen-bond acceptors (Lipinski definition) is 1. The van der Waals surface area contributed by atoms with Crippen LogP contribution < -0.4 is 15.1 Å². The molecule has 4 aromatic carbocycles. The number of ether oxygens (including phenoxy) is 1. The van der Waals surface area contributed by atoms with Crippen LogP contribution in [0, 0.1) is 0 Å². The molecule has 0 amide bonds. The number of methoxy groups -OCH3 is 1. The Balaban J connectivity index is 1.67. The summed E-state index contributed by atoms with van der Waals surface area (Å²) < 4.78 is 7.82. The molecule has 1 aromatic heterocycles. The monoisotopic (exact) mass is 475 g/mol. The van der Waals surface area contributed by atoms with Crippen LogP contribution in [0.1, 0.15) is 27.7 Å². The molecule has 0 radical (unpaired) electrons. The summed E-state index contributed by atoms with van der Waals surface area (Å²) in [6.45, 7) is 9.88. The molecule has 0 saturated carbocycles. The molecule has 2 nitrogen and oxygen atoms in total. The lowest BCUT2D eigenvalue weighted by Gasteiger charge is -2.38. The highest BCUT2D eigenvalue weighted by molar-refractivity contribution is 7.09. The molecular weight excluding hydrogens is 442 g/mol. The summed E-state index contributed by atoms with van der Waals surface area (Å²) in [5.41, 5.74) is 7.94. The number of para-hydroxylation sites is 1. The van der Waals surface area contributed by atoms with Crippen molar-refractivity contribution in [1.82, 2.24) is 4.57 Å². The first-order chi connectivity index (χ1) is 16.9. The molecule has 5 aromatic rings. The van der Waals surface area contributed by atoms with Gasteiger partial charge in [0.25, 0.3) is 0 Å². The van der Waals surface area contributed by atoms with Crippen LogP contribution in [0.5, 0.6) is 5.75 Å². The van der Waals surface area contributed by atoms with Crippen LogP contribution >= 0.6 is 0 Å². The second kappa shape index (κ2) is 7.86. The molecule has 0 aliphatic carbocycles. The number of rotatable bonds is 4. The fourth-order valence-corrected chi connectivity index (χ4v) is 13.6. The van der Waals surface area contributed by atoms with Crippen LogP contribution in [0.2, 0.25) is 11.1 Å². The predicted octanol–water partition coefficient (Wildman–Crippen LogP) is 7.37. The lowest BCUT2D eigenvalue weighted by Crippen LogP contribution is -2.60. The van der Waals surface area contributed by atoms with E-state index < -0.39 is 8.07 Å². The van der Waals surface area contributed by atoms with Gasteiger partial charge in [-0.15, -0.1) is 0 Å². The molecule has 0 N–H and O–H groups in total. The molecule has 0 atom stereocenters. The van der Waals surface area contributed by atoms with Crippen LogP contribution in [0.4, 0.5) is 0 Å². The number of hydrogen-bond donors (Lipinski definition) is 0. The van der Waals surface area contributed by atoms with Crippen LogP contribution in [0.15, 0.2) is 78.9 Å². The topological polar surface area (TPSA) is 14.2 Å². The SMILES string of the molecule is COc1ccc(-c2ccc3c4c(ccc3c2)-c2c(c3ccccc3n2C)[Si]4(C(C)C)C(C)C)cc1. The van der Waals surface area contributed by atoms with Gasteiger partial charge in [-0.2, -0.15) is 0 Å². The van der Waals surface area contributed by atoms with Gasteiger partial charge in [0.05, 0.1) is 7.11 Å². The quantitative estimate of drug-likeness (QED) is 0.248. The molecule has 0 unspecified atom stereocenters. The highest BCUT2D eigenvalue weighted by atomic mass is 28.3. The third-order valence-electron chi connectivity index (χ3n) is 8.45. The normalized spacial score (nSPS) is 14.2. The Morgan fingerprint density at radius 1 is 0.714 bits per heavy atom. The maximum absolute atomic E-state index is 5.36. The third kappa shape index (κ3) is 2.88. The number of benzene rings is 4. The standard InChI is InChI=1S/C32H33NOSi/c1-20(2)35(21(3)4)31-26-17-13-23(22-11-15-25(34-6)16-12-22)19-24(26)14-18-28(31)30-32(35)27-9-7-8-10-29(27)33(30)5/h7-21H,1-6H3. The highest BCUT2D eigenvalue weighted by Crippen LogP contribution is 2.45. The van der Waals surface area contributed by atoms with Crippen molar-refractivity contribution in [1.29, 1.82) is 0 Å². The number of aryl methyl sites for hydroxylation is 1. The number of aromatic nitrogens is 1. The van der Waals surface area contributed by atoms with Gasteiger partial charge in [0.15, 0.2) is 0 Å². The Labute approximate surface area is 209 Å². The van der Waals surface area contributed by atoms with Crippen molar-refractivity contribution in [2.45, 2.75) is 38.8 Å². The lowest BCUT2D eigenvalue weighted by atomic mass is 9.99. The minimum atomic E-state index is -2.08. The van der Waals surface area contributed by atoms with Gasteiger partial charge in [-0.25, -0.2) is 0 Å². The van der Waals surface area contributed by atoms with E-state index in [9.17, 15) is 0 Å². The van der Waals surface area contributed by atoms with Crippen molar-refractivity contribution in [3.63, 3.8) is 0 Å². The molecule has 0 bridgehead atoms. The zero-order chi connectivity index (χ0) is 24.5. The molecule has 0 saturated heterocycles. The zero-order valence-electron chi connectivity index (χ0n) is 21.5. The molecule has 0 spiro atoms. The first kappa shape index (κ1) is 22.2. The first-order valence-electron chi connectivity index (χ1n) is 12.7. The summed E-state index contributed by atoms with van der Waals surface area (Å²) in [5.74, 6) is 0.891. The average Bonchev–Trinajstić information content (AvgIpc) is 3.35. The second-order valence-electron chi connectivity index (χ2n) is 10.6. The van der Waals surface area contributed by atoms with Gasteiger partial charge in [0, 0.05) is 18.3 Å². The molecule has 6 rings (SSSR count). The molecule has 1 aliphatic heterocycles. The van der Waals surface area contributed by atoms with Gasteiger partial charge in [-0.1, -0.05) is 82.3 Å². The number of fused-ring (bicyclic) bond motifs is 7. The summed E-state index contributed by atoms with van der Waals surface area (Å²) in [5, 5.41) is 7.54. The summed E-state index contributed by atoms with van der Waals surface area (Å²) in [4.78, 5) is 0. The minimum absolute atomic E-state index is 0.597. The van der Waals surface area contributed by atoms with Crippen LogP contribution in [0.25, 0.3) is 44.1 Å². The average molecular weight is 476 g/mol. The van der Waals surface area contributed by atoms with Gasteiger partial charge in [-0.3, -0.25) is 0 Å². The Morgan fingerprint density at radius 3 is 2.09 bits per heavy atom. The van der Waals surface area contributed by atoms with Gasteiger partial charge in [0.1, 0.15) is 13.8 Å². The Bertz CT molecular complexity index is 1580. The van der Waals surface area contributed by atoms with Crippen molar-refractivity contribution < 1.29 is 4.74 Å². The molecule has 0 fully saturated rings. The molecular formula is C32H33NOSi. The maximum Gasteiger partial charge on any atom is 0.128 e. The molecule has 3 heteroatoms. The van der Waals surface area contributed by atoms with E-state index in [4.69, 9.17) is 4.74 Å². The summed E-state index contributed by atoms with van der Waals surface area (Å²) in [6, 6.07) is 29.2. The van der Waals surface area contributed by atoms with Gasteiger partial charge < -0.3 is 9.30 Å². The van der Waals surface area contributed by atoms with Crippen molar-refractivity contribution in [2.24, 2.45) is 7.05 Å². The van der Waals surface area contributed by atoms with E-state index in [2.05, 4.69) is 106 Å². The van der Waals surface area contributed by atoms with E-state index in [1.54, 1.807) is 17.5 Å². The fourth-order valence-electron chi connectivity index (χ4n) is 7.01. The Morgan fingerprint density at radius 2 is 1.40 bits per heavy atom. The molecule has 2 heterocycles. The van der Waals surface area contributed by atoms with Gasteiger partial charge >= 0.3 is 0 Å². The fraction of sp³-hybridized carbons (Fsp3) is 0.250. The van der Waals surface area contributed by atoms with Crippen LogP contribution in [-0.2, 0) is 7.05 Å². The van der Waals surface area contributed by atoms with Gasteiger partial charge in [0.2, 0.25) is 0 Å². The molecule has 35 heavy (non-hydrogen) atoms. The van der Waals surface area contributed by atoms with E-state index in [0.29, 0.717) is 11.1 Å². The van der Waals surface area contributed by atoms with Crippen LogP contribution in [0.3, 0.4) is 0 Å². The van der Waals surface area contributed by atoms with Crippen molar-refractivity contribution in [2.75, 3.05) is 7.11 Å². The molecule has 176 valence electrons. The van der Waals surface area contributed by atoms with E-state index in [1.165, 1.54) is 44.1 Å². The van der Waals surface area contributed by atoms with E-state index in [-0.39, 0.29) is 0 Å². The van der Waals surface area contributed by atoms with E-state index >= 15 is 0 Å². The molecule has 1 aliphatic rings. The summed E-state index contributed by atoms with van der Waals surface area (Å²) in [6.07, 6.45) is 0. The highest BCUT2D eigenvalue weighted by Gasteiger charge is 2.53. The largest absolute Gasteiger partial charge is 0.497 e. The number of nitrogens with zero attached hydrogens (tertiary/aromatic N) is 1.